The Labute approximate surface area is 83.4 Å². The zero-order chi connectivity index (χ0) is 10.4. The lowest BCUT2D eigenvalue weighted by Crippen LogP contribution is -2.09. The summed E-state index contributed by atoms with van der Waals surface area (Å²) >= 11 is 0. The van der Waals surface area contributed by atoms with Crippen LogP contribution in [0.2, 0.25) is 0 Å². The van der Waals surface area contributed by atoms with Crippen LogP contribution >= 0.6 is 0 Å². The predicted octanol–water partition coefficient (Wildman–Crippen LogP) is 2.27. The van der Waals surface area contributed by atoms with Crippen molar-refractivity contribution in [2.75, 3.05) is 6.61 Å². The van der Waals surface area contributed by atoms with Crippen molar-refractivity contribution in [3.8, 4) is 0 Å². The van der Waals surface area contributed by atoms with E-state index in [1.165, 1.54) is 0 Å². The van der Waals surface area contributed by atoms with E-state index in [0.717, 1.165) is 19.3 Å². The monoisotopic (exact) mass is 194 g/mol. The third-order valence-corrected chi connectivity index (χ3v) is 1.92. The Morgan fingerprint density at radius 1 is 1.57 bits per heavy atom. The summed E-state index contributed by atoms with van der Waals surface area (Å²) in [5.74, 6) is -0.430. The van der Waals surface area contributed by atoms with Crippen LogP contribution in [0.5, 0.6) is 0 Å². The van der Waals surface area contributed by atoms with E-state index in [1.807, 2.05) is 6.08 Å². The topological polar surface area (TPSA) is 46.5 Å². The second-order valence-corrected chi connectivity index (χ2v) is 2.99. The standard InChI is InChI=1S/C11H14O3/c1-2-3-8-14-10-7-5-4-6-9(10)11(12)13/h2,6-7H,1,3-5,8H2,(H,12,13). The molecular formula is C11H14O3. The number of allylic oxidation sites excluding steroid dienone is 2. The summed E-state index contributed by atoms with van der Waals surface area (Å²) in [6.07, 6.45) is 7.62. The summed E-state index contributed by atoms with van der Waals surface area (Å²) in [4.78, 5) is 10.8. The lowest BCUT2D eigenvalue weighted by atomic mass is 10.1. The fraction of sp³-hybridized carbons (Fsp3) is 0.364. The first-order valence-electron chi connectivity index (χ1n) is 4.63. The van der Waals surface area contributed by atoms with E-state index in [1.54, 1.807) is 12.2 Å². The van der Waals surface area contributed by atoms with Crippen molar-refractivity contribution in [2.45, 2.75) is 19.3 Å². The molecule has 1 N–H and O–H groups in total. The predicted molar refractivity (Wildman–Crippen MR) is 53.8 cm³/mol. The van der Waals surface area contributed by atoms with E-state index >= 15 is 0 Å². The maximum absolute atomic E-state index is 10.8. The lowest BCUT2D eigenvalue weighted by molar-refractivity contribution is -0.132. The molecule has 3 heteroatoms. The Bertz CT molecular complexity index is 287. The van der Waals surface area contributed by atoms with Crippen molar-refractivity contribution in [1.29, 1.82) is 0 Å². The van der Waals surface area contributed by atoms with Gasteiger partial charge in [-0.1, -0.05) is 12.2 Å². The van der Waals surface area contributed by atoms with Gasteiger partial charge in [0.1, 0.15) is 5.76 Å². The van der Waals surface area contributed by atoms with Crippen molar-refractivity contribution in [1.82, 2.24) is 0 Å². The Morgan fingerprint density at radius 3 is 2.93 bits per heavy atom. The van der Waals surface area contributed by atoms with Crippen LogP contribution in [-0.4, -0.2) is 17.7 Å². The molecule has 0 saturated carbocycles. The molecule has 0 atom stereocenters. The smallest absolute Gasteiger partial charge is 0.339 e. The Hall–Kier alpha value is -1.51. The lowest BCUT2D eigenvalue weighted by Gasteiger charge is -2.13. The molecule has 0 unspecified atom stereocenters. The van der Waals surface area contributed by atoms with Crippen LogP contribution in [0.3, 0.4) is 0 Å². The third-order valence-electron chi connectivity index (χ3n) is 1.92. The number of hydrogen-bond acceptors (Lipinski definition) is 2. The minimum atomic E-state index is -0.922. The van der Waals surface area contributed by atoms with E-state index in [-0.39, 0.29) is 5.57 Å². The highest BCUT2D eigenvalue weighted by Crippen LogP contribution is 2.20. The highest BCUT2D eigenvalue weighted by molar-refractivity contribution is 5.91. The van der Waals surface area contributed by atoms with Crippen molar-refractivity contribution in [2.24, 2.45) is 0 Å². The molecular weight excluding hydrogens is 180 g/mol. The van der Waals surface area contributed by atoms with E-state index < -0.39 is 5.97 Å². The molecule has 0 amide bonds. The van der Waals surface area contributed by atoms with E-state index in [4.69, 9.17) is 9.84 Å². The number of aliphatic carboxylic acids is 1. The first-order chi connectivity index (χ1) is 6.75. The maximum atomic E-state index is 10.8. The van der Waals surface area contributed by atoms with Crippen LogP contribution < -0.4 is 0 Å². The summed E-state index contributed by atoms with van der Waals surface area (Å²) in [5, 5.41) is 8.86. The van der Waals surface area contributed by atoms with Gasteiger partial charge in [-0.05, 0) is 25.3 Å². The SMILES string of the molecule is C=CCCOC1=CCCC=C1C(=O)O. The van der Waals surface area contributed by atoms with Gasteiger partial charge in [-0.15, -0.1) is 6.58 Å². The van der Waals surface area contributed by atoms with E-state index in [2.05, 4.69) is 6.58 Å². The summed E-state index contributed by atoms with van der Waals surface area (Å²) < 4.78 is 5.34. The van der Waals surface area contributed by atoms with Gasteiger partial charge in [0.05, 0.1) is 12.2 Å². The second kappa shape index (κ2) is 5.27. The molecule has 76 valence electrons. The molecule has 1 aliphatic carbocycles. The molecule has 0 aromatic rings. The largest absolute Gasteiger partial charge is 0.493 e. The second-order valence-electron chi connectivity index (χ2n) is 2.99. The number of carboxylic acids is 1. The molecule has 0 bridgehead atoms. The molecule has 0 aliphatic heterocycles. The molecule has 0 spiro atoms. The normalized spacial score (nSPS) is 15.4. The summed E-state index contributed by atoms with van der Waals surface area (Å²) in [6, 6.07) is 0. The number of ether oxygens (including phenoxy) is 1. The van der Waals surface area contributed by atoms with Crippen LogP contribution in [0.4, 0.5) is 0 Å². The minimum absolute atomic E-state index is 0.278. The van der Waals surface area contributed by atoms with Crippen molar-refractivity contribution in [3.05, 3.63) is 36.1 Å². The van der Waals surface area contributed by atoms with E-state index in [0.29, 0.717) is 12.4 Å². The molecule has 1 aliphatic rings. The summed E-state index contributed by atoms with van der Waals surface area (Å²) in [5.41, 5.74) is 0.278. The summed E-state index contributed by atoms with van der Waals surface area (Å²) in [6.45, 7) is 4.05. The van der Waals surface area contributed by atoms with Gasteiger partial charge in [-0.25, -0.2) is 4.79 Å². The molecule has 0 aromatic carbocycles. The van der Waals surface area contributed by atoms with Gasteiger partial charge in [-0.3, -0.25) is 0 Å². The first kappa shape index (κ1) is 10.6. The molecule has 0 saturated heterocycles. The van der Waals surface area contributed by atoms with Crippen LogP contribution in [0.1, 0.15) is 19.3 Å². The molecule has 0 fully saturated rings. The molecule has 0 aromatic heterocycles. The molecule has 0 radical (unpaired) electrons. The van der Waals surface area contributed by atoms with Gasteiger partial charge >= 0.3 is 5.97 Å². The fourth-order valence-corrected chi connectivity index (χ4v) is 1.23. The molecule has 0 heterocycles. The Kier molecular flexibility index (Phi) is 3.98. The van der Waals surface area contributed by atoms with Gasteiger partial charge in [0.2, 0.25) is 0 Å². The Balaban J connectivity index is 2.56. The average Bonchev–Trinajstić information content (AvgIpc) is 2.19. The summed E-state index contributed by atoms with van der Waals surface area (Å²) in [7, 11) is 0. The van der Waals surface area contributed by atoms with E-state index in [9.17, 15) is 4.79 Å². The van der Waals surface area contributed by atoms with Gasteiger partial charge in [0, 0.05) is 0 Å². The Morgan fingerprint density at radius 2 is 2.29 bits per heavy atom. The molecule has 14 heavy (non-hydrogen) atoms. The van der Waals surface area contributed by atoms with Gasteiger partial charge < -0.3 is 9.84 Å². The zero-order valence-electron chi connectivity index (χ0n) is 8.03. The van der Waals surface area contributed by atoms with Gasteiger partial charge in [0.25, 0.3) is 0 Å². The first-order valence-corrected chi connectivity index (χ1v) is 4.63. The third kappa shape index (κ3) is 2.76. The maximum Gasteiger partial charge on any atom is 0.339 e. The van der Waals surface area contributed by atoms with Crippen molar-refractivity contribution in [3.63, 3.8) is 0 Å². The molecule has 3 nitrogen and oxygen atoms in total. The molecule has 1 rings (SSSR count). The van der Waals surface area contributed by atoms with Crippen LogP contribution in [0.25, 0.3) is 0 Å². The number of carbonyl (C=O) groups is 1. The quantitative estimate of drug-likeness (QED) is 0.539. The highest BCUT2D eigenvalue weighted by atomic mass is 16.5. The van der Waals surface area contributed by atoms with Crippen molar-refractivity contribution < 1.29 is 14.6 Å². The minimum Gasteiger partial charge on any atom is -0.493 e. The number of carboxylic acid groups (broad SMARTS) is 1. The van der Waals surface area contributed by atoms with Gasteiger partial charge in [0.15, 0.2) is 0 Å². The fourth-order valence-electron chi connectivity index (χ4n) is 1.23. The van der Waals surface area contributed by atoms with Crippen LogP contribution in [0.15, 0.2) is 36.1 Å². The zero-order valence-corrected chi connectivity index (χ0v) is 8.03. The number of rotatable bonds is 5. The van der Waals surface area contributed by atoms with Crippen LogP contribution in [-0.2, 0) is 9.53 Å². The van der Waals surface area contributed by atoms with Crippen LogP contribution in [0, 0.1) is 0 Å². The number of hydrogen-bond donors (Lipinski definition) is 1. The van der Waals surface area contributed by atoms with Crippen molar-refractivity contribution >= 4 is 5.97 Å². The highest BCUT2D eigenvalue weighted by Gasteiger charge is 2.16. The average molecular weight is 194 g/mol. The van der Waals surface area contributed by atoms with Gasteiger partial charge in [-0.2, -0.15) is 0 Å².